The quantitative estimate of drug-likeness (QED) is 0.474. The maximum absolute atomic E-state index is 12.3. The molecule has 0 radical (unpaired) electrons. The summed E-state index contributed by atoms with van der Waals surface area (Å²) in [7, 11) is 1.51. The van der Waals surface area contributed by atoms with Gasteiger partial charge in [-0.3, -0.25) is 14.6 Å². The van der Waals surface area contributed by atoms with Crippen molar-refractivity contribution in [2.75, 3.05) is 18.6 Å². The van der Waals surface area contributed by atoms with Crippen LogP contribution in [0, 0.1) is 0 Å². The Kier molecular flexibility index (Phi) is 4.02. The first kappa shape index (κ1) is 15.1. The Balaban J connectivity index is 1.79. The van der Waals surface area contributed by atoms with Crippen molar-refractivity contribution in [1.82, 2.24) is 19.9 Å². The fourth-order valence-corrected chi connectivity index (χ4v) is 2.81. The number of hydrogen-bond acceptors (Lipinski definition) is 7. The molecule has 3 aromatic rings. The third-order valence-corrected chi connectivity index (χ3v) is 3.98. The number of imidazole rings is 1. The van der Waals surface area contributed by atoms with E-state index in [9.17, 15) is 9.59 Å². The number of benzene rings is 1. The molecule has 0 unspecified atom stereocenters. The summed E-state index contributed by atoms with van der Waals surface area (Å²) in [5.74, 6) is 0.562. The number of carbonyl (C=O) groups excluding carboxylic acids is 1. The molecular formula is C14H13N5O3S. The highest BCUT2D eigenvalue weighted by Crippen LogP contribution is 2.22. The highest BCUT2D eigenvalue weighted by atomic mass is 32.2. The number of methoxy groups -OCH3 is 1. The zero-order valence-corrected chi connectivity index (χ0v) is 12.9. The van der Waals surface area contributed by atoms with Gasteiger partial charge in [0.2, 0.25) is 5.95 Å². The molecule has 4 N–H and O–H groups in total. The summed E-state index contributed by atoms with van der Waals surface area (Å²) in [6.45, 7) is 0. The van der Waals surface area contributed by atoms with Gasteiger partial charge in [0.25, 0.3) is 5.56 Å². The van der Waals surface area contributed by atoms with Gasteiger partial charge in [0.15, 0.2) is 22.1 Å². The highest BCUT2D eigenvalue weighted by molar-refractivity contribution is 7.99. The van der Waals surface area contributed by atoms with Gasteiger partial charge >= 0.3 is 0 Å². The molecule has 0 amide bonds. The number of carbonyl (C=O) groups is 1. The average Bonchev–Trinajstić information content (AvgIpc) is 2.95. The Morgan fingerprint density at radius 1 is 1.30 bits per heavy atom. The van der Waals surface area contributed by atoms with Crippen LogP contribution in [0.2, 0.25) is 0 Å². The Morgan fingerprint density at radius 3 is 2.87 bits per heavy atom. The predicted octanol–water partition coefficient (Wildman–Crippen LogP) is 1.21. The number of rotatable bonds is 5. The third-order valence-electron chi connectivity index (χ3n) is 3.11. The van der Waals surface area contributed by atoms with E-state index in [-0.39, 0.29) is 28.6 Å². The standard InChI is InChI=1S/C14H13N5O3S/c1-22-9-5-3-2-4-7(9)8(20)6-23-14-16-10-11(18-14)17-13(15)19-12(10)21/h2-5H,6H2,1H3,(H4,15,16,17,18,19,21). The van der Waals surface area contributed by atoms with Crippen LogP contribution >= 0.6 is 11.8 Å². The summed E-state index contributed by atoms with van der Waals surface area (Å²) >= 11 is 1.18. The number of thioether (sulfide) groups is 1. The summed E-state index contributed by atoms with van der Waals surface area (Å²) < 4.78 is 5.17. The van der Waals surface area contributed by atoms with E-state index in [4.69, 9.17) is 10.5 Å². The number of nitrogens with two attached hydrogens (primary N) is 1. The van der Waals surface area contributed by atoms with E-state index in [1.54, 1.807) is 24.3 Å². The first-order chi connectivity index (χ1) is 11.1. The number of nitrogens with zero attached hydrogens (tertiary/aromatic N) is 2. The Labute approximate surface area is 134 Å². The number of anilines is 1. The monoisotopic (exact) mass is 331 g/mol. The fourth-order valence-electron chi connectivity index (χ4n) is 2.06. The summed E-state index contributed by atoms with van der Waals surface area (Å²) in [6.07, 6.45) is 0. The van der Waals surface area contributed by atoms with Gasteiger partial charge < -0.3 is 15.5 Å². The molecule has 0 bridgehead atoms. The maximum Gasteiger partial charge on any atom is 0.278 e. The van der Waals surface area contributed by atoms with Crippen LogP contribution in [-0.4, -0.2) is 38.6 Å². The number of ketones is 1. The van der Waals surface area contributed by atoms with Gasteiger partial charge in [-0.2, -0.15) is 4.98 Å². The molecule has 0 fully saturated rings. The molecule has 0 saturated heterocycles. The Hall–Kier alpha value is -2.81. The molecule has 2 aromatic heterocycles. The maximum atomic E-state index is 12.3. The minimum atomic E-state index is -0.400. The minimum Gasteiger partial charge on any atom is -0.496 e. The van der Waals surface area contributed by atoms with Gasteiger partial charge in [0.1, 0.15) is 5.75 Å². The van der Waals surface area contributed by atoms with E-state index >= 15 is 0 Å². The normalized spacial score (nSPS) is 10.8. The van der Waals surface area contributed by atoms with E-state index in [0.29, 0.717) is 16.5 Å². The van der Waals surface area contributed by atoms with Gasteiger partial charge in [-0.15, -0.1) is 0 Å². The van der Waals surface area contributed by atoms with Crippen molar-refractivity contribution in [2.45, 2.75) is 5.16 Å². The van der Waals surface area contributed by atoms with Crippen molar-refractivity contribution >= 4 is 34.7 Å². The van der Waals surface area contributed by atoms with Crippen LogP contribution in [0.3, 0.4) is 0 Å². The lowest BCUT2D eigenvalue weighted by Crippen LogP contribution is -2.10. The Morgan fingerprint density at radius 2 is 2.09 bits per heavy atom. The van der Waals surface area contributed by atoms with Gasteiger partial charge in [0, 0.05) is 0 Å². The topological polar surface area (TPSA) is 127 Å². The molecular weight excluding hydrogens is 318 g/mol. The first-order valence-corrected chi connectivity index (χ1v) is 7.61. The minimum absolute atomic E-state index is 0.00403. The molecule has 0 aliphatic heterocycles. The second-order valence-corrected chi connectivity index (χ2v) is 5.57. The summed E-state index contributed by atoms with van der Waals surface area (Å²) in [5.41, 5.74) is 6.02. The van der Waals surface area contributed by atoms with Crippen molar-refractivity contribution in [2.24, 2.45) is 0 Å². The van der Waals surface area contributed by atoms with E-state index in [1.165, 1.54) is 18.9 Å². The second-order valence-electron chi connectivity index (χ2n) is 4.60. The van der Waals surface area contributed by atoms with E-state index < -0.39 is 5.56 Å². The van der Waals surface area contributed by atoms with Crippen LogP contribution < -0.4 is 16.0 Å². The van der Waals surface area contributed by atoms with Crippen molar-refractivity contribution in [1.29, 1.82) is 0 Å². The molecule has 23 heavy (non-hydrogen) atoms. The molecule has 9 heteroatoms. The number of hydrogen-bond donors (Lipinski definition) is 3. The SMILES string of the molecule is COc1ccccc1C(=O)CSc1nc2nc(N)[nH]c(=O)c2[nH]1. The Bertz CT molecular complexity index is 934. The van der Waals surface area contributed by atoms with E-state index in [0.717, 1.165) is 0 Å². The first-order valence-electron chi connectivity index (χ1n) is 6.63. The number of fused-ring (bicyclic) bond motifs is 1. The molecule has 8 nitrogen and oxygen atoms in total. The van der Waals surface area contributed by atoms with E-state index in [1.807, 2.05) is 0 Å². The van der Waals surface area contributed by atoms with Gasteiger partial charge in [-0.1, -0.05) is 23.9 Å². The zero-order chi connectivity index (χ0) is 16.4. The van der Waals surface area contributed by atoms with Crippen LogP contribution in [0.1, 0.15) is 10.4 Å². The molecule has 0 spiro atoms. The lowest BCUT2D eigenvalue weighted by molar-refractivity contribution is 0.101. The molecule has 0 aliphatic carbocycles. The predicted molar refractivity (Wildman–Crippen MR) is 87.0 cm³/mol. The van der Waals surface area contributed by atoms with Crippen LogP contribution in [0.25, 0.3) is 11.2 Å². The largest absolute Gasteiger partial charge is 0.496 e. The zero-order valence-electron chi connectivity index (χ0n) is 12.1. The van der Waals surface area contributed by atoms with Gasteiger partial charge in [-0.25, -0.2) is 4.98 Å². The number of aromatic nitrogens is 4. The lowest BCUT2D eigenvalue weighted by Gasteiger charge is -2.06. The molecule has 0 saturated carbocycles. The molecule has 3 rings (SSSR count). The van der Waals surface area contributed by atoms with Crippen molar-refractivity contribution in [3.8, 4) is 5.75 Å². The average molecular weight is 331 g/mol. The second kappa shape index (κ2) is 6.13. The van der Waals surface area contributed by atoms with Crippen molar-refractivity contribution in [3.05, 3.63) is 40.2 Å². The number of ether oxygens (including phenoxy) is 1. The fraction of sp³-hybridized carbons (Fsp3) is 0.143. The molecule has 1 aromatic carbocycles. The van der Waals surface area contributed by atoms with Crippen LogP contribution in [0.5, 0.6) is 5.75 Å². The third kappa shape index (κ3) is 3.04. The molecule has 118 valence electrons. The molecule has 0 atom stereocenters. The number of aromatic amines is 2. The summed E-state index contributed by atoms with van der Waals surface area (Å²) in [5, 5.41) is 0.423. The van der Waals surface area contributed by atoms with Gasteiger partial charge in [-0.05, 0) is 12.1 Å². The lowest BCUT2D eigenvalue weighted by atomic mass is 10.1. The van der Waals surface area contributed by atoms with Crippen LogP contribution in [0.4, 0.5) is 5.95 Å². The van der Waals surface area contributed by atoms with Crippen molar-refractivity contribution in [3.63, 3.8) is 0 Å². The number of nitrogens with one attached hydrogen (secondary N) is 2. The number of nitrogen functional groups attached to an aromatic ring is 1. The van der Waals surface area contributed by atoms with Crippen LogP contribution in [-0.2, 0) is 0 Å². The van der Waals surface area contributed by atoms with Crippen molar-refractivity contribution < 1.29 is 9.53 Å². The van der Waals surface area contributed by atoms with Crippen LogP contribution in [0.15, 0.2) is 34.2 Å². The molecule has 2 heterocycles. The van der Waals surface area contributed by atoms with E-state index in [2.05, 4.69) is 19.9 Å². The number of H-pyrrole nitrogens is 2. The summed E-state index contributed by atoms with van der Waals surface area (Å²) in [4.78, 5) is 37.3. The smallest absolute Gasteiger partial charge is 0.278 e. The summed E-state index contributed by atoms with van der Waals surface area (Å²) in [6, 6.07) is 7.00. The number of Topliss-reactive ketones (excluding diaryl/α,β-unsaturated/α-hetero) is 1. The number of para-hydroxylation sites is 1. The van der Waals surface area contributed by atoms with Gasteiger partial charge in [0.05, 0.1) is 18.4 Å². The highest BCUT2D eigenvalue weighted by Gasteiger charge is 2.14. The molecule has 0 aliphatic rings.